The minimum Gasteiger partial charge on any atom is -0.490 e. The van der Waals surface area contributed by atoms with E-state index in [2.05, 4.69) is 17.6 Å². The lowest BCUT2D eigenvalue weighted by atomic mass is 10.1. The molecule has 7 nitrogen and oxygen atoms in total. The molecule has 2 amide bonds. The highest BCUT2D eigenvalue weighted by Gasteiger charge is 2.19. The van der Waals surface area contributed by atoms with Gasteiger partial charge in [-0.3, -0.25) is 0 Å². The molecule has 0 aliphatic rings. The molecule has 0 saturated carbocycles. The number of hydrogen-bond acceptors (Lipinski definition) is 5. The van der Waals surface area contributed by atoms with Gasteiger partial charge in [0.25, 0.3) is 0 Å². The molecule has 0 heterocycles. The van der Waals surface area contributed by atoms with Crippen LogP contribution < -0.4 is 24.8 Å². The van der Waals surface area contributed by atoms with Gasteiger partial charge in [0.1, 0.15) is 5.75 Å². The number of carbonyl (C=O) groups excluding carboxylic acids is 2. The molecule has 0 unspecified atom stereocenters. The van der Waals surface area contributed by atoms with Crippen LogP contribution in [0.25, 0.3) is 10.8 Å². The minimum atomic E-state index is -0.541. The number of ether oxygens (including phenoxy) is 3. The molecule has 2 rings (SSSR count). The maximum absolute atomic E-state index is 12.3. The quantitative estimate of drug-likeness (QED) is 0.479. The predicted octanol–water partition coefficient (Wildman–Crippen LogP) is 5.41. The summed E-state index contributed by atoms with van der Waals surface area (Å²) in [6, 6.07) is 8.90. The Morgan fingerprint density at radius 2 is 1.40 bits per heavy atom. The number of rotatable bonds is 11. The summed E-state index contributed by atoms with van der Waals surface area (Å²) in [6.45, 7) is 7.61. The monoisotopic (exact) mass is 416 g/mol. The number of carbonyl (C=O) groups is 2. The van der Waals surface area contributed by atoms with Gasteiger partial charge in [-0.15, -0.1) is 0 Å². The topological polar surface area (TPSA) is 85.9 Å². The number of benzene rings is 2. The Balaban J connectivity index is 2.35. The molecule has 2 N–H and O–H groups in total. The molecule has 0 radical (unpaired) electrons. The standard InChI is InChI=1S/C23H32N2O5/c1-4-7-13-24-22(26)29-19-16-20(28-15-6-3)21(18-12-10-9-11-17(18)19)30-23(27)25-14-8-5-2/h9-12,16H,4-8,13-15H2,1-3H3,(H,24,26)(H,25,27). The zero-order valence-corrected chi connectivity index (χ0v) is 18.1. The lowest BCUT2D eigenvalue weighted by Crippen LogP contribution is -2.28. The zero-order valence-electron chi connectivity index (χ0n) is 18.1. The number of unbranched alkanes of at least 4 members (excludes halogenated alkanes) is 2. The molecule has 2 aromatic carbocycles. The van der Waals surface area contributed by atoms with Gasteiger partial charge in [0, 0.05) is 29.9 Å². The van der Waals surface area contributed by atoms with E-state index in [1.54, 1.807) is 6.07 Å². The zero-order chi connectivity index (χ0) is 21.8. The van der Waals surface area contributed by atoms with Crippen molar-refractivity contribution in [2.24, 2.45) is 0 Å². The first kappa shape index (κ1) is 23.3. The van der Waals surface area contributed by atoms with Crippen LogP contribution in [0.1, 0.15) is 52.9 Å². The molecule has 164 valence electrons. The van der Waals surface area contributed by atoms with Crippen molar-refractivity contribution in [3.05, 3.63) is 30.3 Å². The van der Waals surface area contributed by atoms with E-state index < -0.39 is 12.2 Å². The van der Waals surface area contributed by atoms with Crippen molar-refractivity contribution in [3.8, 4) is 17.2 Å². The summed E-state index contributed by atoms with van der Waals surface area (Å²) in [5.41, 5.74) is 0. The first-order valence-corrected chi connectivity index (χ1v) is 10.7. The molecule has 0 saturated heterocycles. The van der Waals surface area contributed by atoms with Gasteiger partial charge in [-0.1, -0.05) is 57.9 Å². The number of nitrogens with one attached hydrogen (secondary N) is 2. The van der Waals surface area contributed by atoms with Gasteiger partial charge < -0.3 is 24.8 Å². The summed E-state index contributed by atoms with van der Waals surface area (Å²) in [6.07, 6.45) is 3.41. The SMILES string of the molecule is CCCCNC(=O)Oc1cc(OCCC)c(OC(=O)NCCCC)c2ccccc12. The van der Waals surface area contributed by atoms with Crippen molar-refractivity contribution in [2.75, 3.05) is 19.7 Å². The van der Waals surface area contributed by atoms with E-state index in [0.717, 1.165) is 32.1 Å². The van der Waals surface area contributed by atoms with E-state index in [9.17, 15) is 9.59 Å². The fourth-order valence-electron chi connectivity index (χ4n) is 2.80. The molecular formula is C23H32N2O5. The number of fused-ring (bicyclic) bond motifs is 1. The molecule has 0 spiro atoms. The van der Waals surface area contributed by atoms with Gasteiger partial charge in [0.05, 0.1) is 6.61 Å². The summed E-state index contributed by atoms with van der Waals surface area (Å²) >= 11 is 0. The van der Waals surface area contributed by atoms with Crippen molar-refractivity contribution in [1.82, 2.24) is 10.6 Å². The normalized spacial score (nSPS) is 10.5. The van der Waals surface area contributed by atoms with Crippen LogP contribution in [0.5, 0.6) is 17.2 Å². The van der Waals surface area contributed by atoms with E-state index in [1.807, 2.05) is 38.1 Å². The van der Waals surface area contributed by atoms with E-state index in [4.69, 9.17) is 14.2 Å². The van der Waals surface area contributed by atoms with Gasteiger partial charge in [-0.05, 0) is 19.3 Å². The Bertz CT molecular complexity index is 838. The number of hydrogen-bond donors (Lipinski definition) is 2. The summed E-state index contributed by atoms with van der Waals surface area (Å²) in [5.74, 6) is 1.02. The smallest absolute Gasteiger partial charge is 0.412 e. The minimum absolute atomic E-state index is 0.312. The molecule has 7 heteroatoms. The highest BCUT2D eigenvalue weighted by Crippen LogP contribution is 2.42. The third kappa shape index (κ3) is 6.83. The van der Waals surface area contributed by atoms with Crippen LogP contribution in [0, 0.1) is 0 Å². The third-order valence-corrected chi connectivity index (χ3v) is 4.38. The molecule has 0 atom stereocenters. The summed E-state index contributed by atoms with van der Waals surface area (Å²) in [4.78, 5) is 24.5. The third-order valence-electron chi connectivity index (χ3n) is 4.38. The van der Waals surface area contributed by atoms with Crippen molar-refractivity contribution < 1.29 is 23.8 Å². The lowest BCUT2D eigenvalue weighted by molar-refractivity contribution is 0.195. The van der Waals surface area contributed by atoms with E-state index in [-0.39, 0.29) is 0 Å². The first-order valence-electron chi connectivity index (χ1n) is 10.7. The fourth-order valence-corrected chi connectivity index (χ4v) is 2.80. The van der Waals surface area contributed by atoms with Crippen LogP contribution >= 0.6 is 0 Å². The summed E-state index contributed by atoms with van der Waals surface area (Å²) in [5, 5.41) is 6.77. The molecule has 0 aliphatic carbocycles. The van der Waals surface area contributed by atoms with E-state index in [0.29, 0.717) is 47.7 Å². The molecule has 0 aliphatic heterocycles. The highest BCUT2D eigenvalue weighted by molar-refractivity contribution is 5.98. The van der Waals surface area contributed by atoms with Gasteiger partial charge in [-0.2, -0.15) is 0 Å². The maximum Gasteiger partial charge on any atom is 0.412 e. The predicted molar refractivity (Wildman–Crippen MR) is 118 cm³/mol. The second-order valence-corrected chi connectivity index (χ2v) is 6.94. The Morgan fingerprint density at radius 3 is 2.00 bits per heavy atom. The largest absolute Gasteiger partial charge is 0.490 e. The van der Waals surface area contributed by atoms with Crippen LogP contribution in [0.15, 0.2) is 30.3 Å². The fraction of sp³-hybridized carbons (Fsp3) is 0.478. The molecular weight excluding hydrogens is 384 g/mol. The Morgan fingerprint density at radius 1 is 0.800 bits per heavy atom. The Kier molecular flexibility index (Phi) is 9.77. The van der Waals surface area contributed by atoms with Gasteiger partial charge >= 0.3 is 12.2 Å². The van der Waals surface area contributed by atoms with Crippen LogP contribution in [-0.4, -0.2) is 31.9 Å². The van der Waals surface area contributed by atoms with Crippen molar-refractivity contribution in [1.29, 1.82) is 0 Å². The Labute approximate surface area is 178 Å². The molecule has 0 aromatic heterocycles. The average molecular weight is 417 g/mol. The van der Waals surface area contributed by atoms with Gasteiger partial charge in [0.2, 0.25) is 0 Å². The summed E-state index contributed by atoms with van der Waals surface area (Å²) < 4.78 is 17.0. The first-order chi connectivity index (χ1) is 14.6. The van der Waals surface area contributed by atoms with Crippen LogP contribution in [0.3, 0.4) is 0 Å². The van der Waals surface area contributed by atoms with Crippen LogP contribution in [0.4, 0.5) is 9.59 Å². The molecule has 0 fully saturated rings. The molecule has 2 aromatic rings. The van der Waals surface area contributed by atoms with Gasteiger partial charge in [-0.25, -0.2) is 9.59 Å². The molecule has 30 heavy (non-hydrogen) atoms. The maximum atomic E-state index is 12.3. The number of amides is 2. The second-order valence-electron chi connectivity index (χ2n) is 6.94. The van der Waals surface area contributed by atoms with Crippen molar-refractivity contribution >= 4 is 23.0 Å². The van der Waals surface area contributed by atoms with E-state index >= 15 is 0 Å². The van der Waals surface area contributed by atoms with Crippen LogP contribution in [-0.2, 0) is 0 Å². The average Bonchev–Trinajstić information content (AvgIpc) is 2.74. The van der Waals surface area contributed by atoms with E-state index in [1.165, 1.54) is 0 Å². The second kappa shape index (κ2) is 12.6. The Hall–Kier alpha value is -2.96. The lowest BCUT2D eigenvalue weighted by Gasteiger charge is -2.17. The van der Waals surface area contributed by atoms with Crippen LogP contribution in [0.2, 0.25) is 0 Å². The van der Waals surface area contributed by atoms with Crippen molar-refractivity contribution in [2.45, 2.75) is 52.9 Å². The van der Waals surface area contributed by atoms with Gasteiger partial charge in [0.15, 0.2) is 11.5 Å². The highest BCUT2D eigenvalue weighted by atomic mass is 16.6. The summed E-state index contributed by atoms with van der Waals surface area (Å²) in [7, 11) is 0. The van der Waals surface area contributed by atoms with Crippen molar-refractivity contribution in [3.63, 3.8) is 0 Å². The molecule has 0 bridgehead atoms.